The summed E-state index contributed by atoms with van der Waals surface area (Å²) in [5.74, 6) is -0.676. The third-order valence-electron chi connectivity index (χ3n) is 5.30. The van der Waals surface area contributed by atoms with Crippen LogP contribution < -0.4 is 0 Å². The van der Waals surface area contributed by atoms with Crippen LogP contribution in [0.2, 0.25) is 0 Å². The van der Waals surface area contributed by atoms with Gasteiger partial charge in [-0.2, -0.15) is 0 Å². The molecule has 0 bridgehead atoms. The second kappa shape index (κ2) is 6.11. The van der Waals surface area contributed by atoms with Crippen LogP contribution in [0.3, 0.4) is 0 Å². The lowest BCUT2D eigenvalue weighted by molar-refractivity contribution is -0.143. The lowest BCUT2D eigenvalue weighted by Crippen LogP contribution is -2.38. The number of carboxylic acid groups (broad SMARTS) is 1. The van der Waals surface area contributed by atoms with Gasteiger partial charge in [0.05, 0.1) is 5.92 Å². The summed E-state index contributed by atoms with van der Waals surface area (Å²) in [6.45, 7) is 2.44. The fourth-order valence-electron chi connectivity index (χ4n) is 3.93. The van der Waals surface area contributed by atoms with Gasteiger partial charge in [-0.25, -0.2) is 0 Å². The Balaban J connectivity index is 1.60. The van der Waals surface area contributed by atoms with Gasteiger partial charge in [-0.05, 0) is 49.7 Å². The summed E-state index contributed by atoms with van der Waals surface area (Å²) in [5, 5.41) is 9.18. The molecule has 3 atom stereocenters. The van der Waals surface area contributed by atoms with Gasteiger partial charge in [0.25, 0.3) is 0 Å². The first-order valence-corrected chi connectivity index (χ1v) is 8.15. The number of fused-ring (bicyclic) bond motifs is 1. The van der Waals surface area contributed by atoms with Crippen LogP contribution in [0.1, 0.15) is 37.3 Å². The number of likely N-dealkylation sites (tertiary alicyclic amines) is 1. The predicted octanol–water partition coefficient (Wildman–Crippen LogP) is 2.50. The van der Waals surface area contributed by atoms with Gasteiger partial charge in [0.2, 0.25) is 5.91 Å². The van der Waals surface area contributed by atoms with Crippen molar-refractivity contribution in [2.24, 2.45) is 11.8 Å². The van der Waals surface area contributed by atoms with E-state index in [1.165, 1.54) is 11.1 Å². The molecule has 0 radical (unpaired) electrons. The Morgan fingerprint density at radius 1 is 1.23 bits per heavy atom. The highest BCUT2D eigenvalue weighted by molar-refractivity contribution is 5.79. The van der Waals surface area contributed by atoms with Crippen LogP contribution in [0, 0.1) is 11.8 Å². The van der Waals surface area contributed by atoms with E-state index in [9.17, 15) is 14.7 Å². The molecule has 1 aliphatic carbocycles. The second-order valence-electron chi connectivity index (χ2n) is 6.64. The van der Waals surface area contributed by atoms with Crippen LogP contribution in [0.15, 0.2) is 24.3 Å². The van der Waals surface area contributed by atoms with Gasteiger partial charge in [0.1, 0.15) is 0 Å². The first kappa shape index (κ1) is 15.1. The summed E-state index contributed by atoms with van der Waals surface area (Å²) in [4.78, 5) is 25.5. The third-order valence-corrected chi connectivity index (χ3v) is 5.30. The maximum Gasteiger partial charge on any atom is 0.308 e. The van der Waals surface area contributed by atoms with Gasteiger partial charge in [-0.15, -0.1) is 0 Å². The molecule has 1 amide bonds. The van der Waals surface area contributed by atoms with Crippen LogP contribution in [-0.2, 0) is 22.4 Å². The summed E-state index contributed by atoms with van der Waals surface area (Å²) in [6, 6.07) is 8.28. The molecule has 3 rings (SSSR count). The Morgan fingerprint density at radius 3 is 2.64 bits per heavy atom. The molecule has 3 unspecified atom stereocenters. The van der Waals surface area contributed by atoms with Gasteiger partial charge < -0.3 is 10.0 Å². The summed E-state index contributed by atoms with van der Waals surface area (Å²) in [5.41, 5.74) is 2.77. The number of benzene rings is 1. The zero-order valence-electron chi connectivity index (χ0n) is 13.0. The van der Waals surface area contributed by atoms with E-state index in [-0.39, 0.29) is 11.9 Å². The first-order chi connectivity index (χ1) is 10.6. The molecule has 0 saturated carbocycles. The normalized spacial score (nSPS) is 27.5. The summed E-state index contributed by atoms with van der Waals surface area (Å²) in [7, 11) is 0. The Kier molecular flexibility index (Phi) is 4.19. The molecule has 2 aliphatic rings. The average molecular weight is 301 g/mol. The number of carboxylic acids is 1. The minimum absolute atomic E-state index is 0.126. The number of nitrogens with zero attached hydrogens (tertiary/aromatic N) is 1. The van der Waals surface area contributed by atoms with Gasteiger partial charge >= 0.3 is 5.97 Å². The molecule has 4 nitrogen and oxygen atoms in total. The second-order valence-corrected chi connectivity index (χ2v) is 6.64. The SMILES string of the molecule is CC1C(C(=O)O)CCN1C(=O)CC1CCc2ccccc2C1. The van der Waals surface area contributed by atoms with E-state index in [0.29, 0.717) is 25.3 Å². The maximum atomic E-state index is 12.5. The molecular formula is C18H23NO3. The minimum Gasteiger partial charge on any atom is -0.481 e. The van der Waals surface area contributed by atoms with Crippen molar-refractivity contribution in [2.45, 2.75) is 45.1 Å². The standard InChI is InChI=1S/C18H23NO3/c1-12-16(18(21)22)8-9-19(12)17(20)11-13-6-7-14-4-2-3-5-15(14)10-13/h2-5,12-13,16H,6-11H2,1H3,(H,21,22). The van der Waals surface area contributed by atoms with Crippen LogP contribution in [0.25, 0.3) is 0 Å². The molecule has 1 N–H and O–H groups in total. The van der Waals surface area contributed by atoms with E-state index in [0.717, 1.165) is 19.3 Å². The lowest BCUT2D eigenvalue weighted by Gasteiger charge is -2.28. The van der Waals surface area contributed by atoms with Crippen molar-refractivity contribution in [1.82, 2.24) is 4.90 Å². The smallest absolute Gasteiger partial charge is 0.308 e. The highest BCUT2D eigenvalue weighted by Crippen LogP contribution is 2.30. The molecule has 22 heavy (non-hydrogen) atoms. The molecule has 4 heteroatoms. The number of rotatable bonds is 3. The lowest BCUT2D eigenvalue weighted by atomic mass is 9.82. The van der Waals surface area contributed by atoms with E-state index < -0.39 is 11.9 Å². The Labute approximate surface area is 131 Å². The van der Waals surface area contributed by atoms with E-state index in [4.69, 9.17) is 0 Å². The molecule has 1 fully saturated rings. The highest BCUT2D eigenvalue weighted by Gasteiger charge is 2.38. The van der Waals surface area contributed by atoms with Crippen molar-refractivity contribution in [3.05, 3.63) is 35.4 Å². The maximum absolute atomic E-state index is 12.5. The monoisotopic (exact) mass is 301 g/mol. The molecule has 1 heterocycles. The number of carbonyl (C=O) groups is 2. The molecule has 1 saturated heterocycles. The van der Waals surface area contributed by atoms with E-state index in [2.05, 4.69) is 24.3 Å². The van der Waals surface area contributed by atoms with E-state index in [1.807, 2.05) is 6.92 Å². The zero-order valence-corrected chi connectivity index (χ0v) is 13.0. The van der Waals surface area contributed by atoms with Gasteiger partial charge in [0.15, 0.2) is 0 Å². The van der Waals surface area contributed by atoms with Crippen LogP contribution in [0.5, 0.6) is 0 Å². The molecule has 1 aromatic rings. The quantitative estimate of drug-likeness (QED) is 0.933. The first-order valence-electron chi connectivity index (χ1n) is 8.15. The number of aliphatic carboxylic acids is 1. The van der Waals surface area contributed by atoms with Gasteiger partial charge in [-0.3, -0.25) is 9.59 Å². The van der Waals surface area contributed by atoms with Crippen LogP contribution in [0.4, 0.5) is 0 Å². The Morgan fingerprint density at radius 2 is 1.95 bits per heavy atom. The van der Waals surface area contributed by atoms with E-state index >= 15 is 0 Å². The molecular weight excluding hydrogens is 278 g/mol. The highest BCUT2D eigenvalue weighted by atomic mass is 16.4. The minimum atomic E-state index is -0.783. The fraction of sp³-hybridized carbons (Fsp3) is 0.556. The van der Waals surface area contributed by atoms with Gasteiger partial charge in [-0.1, -0.05) is 24.3 Å². The van der Waals surface area contributed by atoms with Crippen molar-refractivity contribution >= 4 is 11.9 Å². The van der Waals surface area contributed by atoms with E-state index in [1.54, 1.807) is 4.90 Å². The molecule has 1 aliphatic heterocycles. The fourth-order valence-corrected chi connectivity index (χ4v) is 3.93. The zero-order chi connectivity index (χ0) is 15.7. The summed E-state index contributed by atoms with van der Waals surface area (Å²) in [6.07, 6.45) is 4.18. The van der Waals surface area contributed by atoms with Crippen molar-refractivity contribution in [3.8, 4) is 0 Å². The Bertz CT molecular complexity index is 583. The predicted molar refractivity (Wildman–Crippen MR) is 83.5 cm³/mol. The number of amides is 1. The molecule has 1 aromatic carbocycles. The van der Waals surface area contributed by atoms with Crippen molar-refractivity contribution in [3.63, 3.8) is 0 Å². The Hall–Kier alpha value is -1.84. The number of carbonyl (C=O) groups excluding carboxylic acids is 1. The molecule has 118 valence electrons. The van der Waals surface area contributed by atoms with Crippen molar-refractivity contribution < 1.29 is 14.7 Å². The molecule has 0 spiro atoms. The van der Waals surface area contributed by atoms with Crippen LogP contribution in [-0.4, -0.2) is 34.5 Å². The third kappa shape index (κ3) is 2.87. The average Bonchev–Trinajstić information content (AvgIpc) is 2.89. The van der Waals surface area contributed by atoms with Crippen LogP contribution >= 0.6 is 0 Å². The topological polar surface area (TPSA) is 57.6 Å². The van der Waals surface area contributed by atoms with Crippen molar-refractivity contribution in [1.29, 1.82) is 0 Å². The number of aryl methyl sites for hydroxylation is 1. The number of hydrogen-bond acceptors (Lipinski definition) is 2. The van der Waals surface area contributed by atoms with Crippen molar-refractivity contribution in [2.75, 3.05) is 6.54 Å². The largest absolute Gasteiger partial charge is 0.481 e. The summed E-state index contributed by atoms with van der Waals surface area (Å²) >= 11 is 0. The molecule has 0 aromatic heterocycles. The summed E-state index contributed by atoms with van der Waals surface area (Å²) < 4.78 is 0. The van der Waals surface area contributed by atoms with Gasteiger partial charge in [0, 0.05) is 19.0 Å². The number of hydrogen-bond donors (Lipinski definition) is 1.